The summed E-state index contributed by atoms with van der Waals surface area (Å²) in [6, 6.07) is 1.49. The van der Waals surface area contributed by atoms with Gasteiger partial charge in [0.25, 0.3) is 0 Å². The number of aromatic nitrogens is 1. The van der Waals surface area contributed by atoms with Crippen molar-refractivity contribution in [2.75, 3.05) is 18.0 Å². The molecule has 0 saturated carbocycles. The van der Waals surface area contributed by atoms with E-state index in [1.807, 2.05) is 27.7 Å². The van der Waals surface area contributed by atoms with Crippen molar-refractivity contribution in [1.82, 2.24) is 4.98 Å². The Labute approximate surface area is 125 Å². The predicted molar refractivity (Wildman–Crippen MR) is 81.4 cm³/mol. The second kappa shape index (κ2) is 4.95. The first-order chi connectivity index (χ1) is 9.80. The van der Waals surface area contributed by atoms with Crippen molar-refractivity contribution in [3.05, 3.63) is 18.1 Å². The van der Waals surface area contributed by atoms with Crippen LogP contribution in [0.5, 0.6) is 0 Å². The van der Waals surface area contributed by atoms with Gasteiger partial charge in [0, 0.05) is 18.6 Å². The minimum Gasteiger partial charge on any atom is -0.399 e. The molecular formula is C15H22BFN2O2. The minimum absolute atomic E-state index is 0.359. The first-order valence-electron chi connectivity index (χ1n) is 7.56. The molecule has 21 heavy (non-hydrogen) atoms. The molecule has 0 spiro atoms. The van der Waals surface area contributed by atoms with Gasteiger partial charge in [-0.1, -0.05) is 0 Å². The van der Waals surface area contributed by atoms with E-state index in [0.29, 0.717) is 5.46 Å². The number of hydrogen-bond donors (Lipinski definition) is 0. The third kappa shape index (κ3) is 2.55. The van der Waals surface area contributed by atoms with E-state index < -0.39 is 18.3 Å². The average molecular weight is 292 g/mol. The third-order valence-corrected chi connectivity index (χ3v) is 4.77. The Balaban J connectivity index is 1.96. The largest absolute Gasteiger partial charge is 0.498 e. The molecule has 4 nitrogen and oxygen atoms in total. The highest BCUT2D eigenvalue weighted by molar-refractivity contribution is 6.63. The topological polar surface area (TPSA) is 34.6 Å². The number of hydrogen-bond acceptors (Lipinski definition) is 4. The van der Waals surface area contributed by atoms with Crippen LogP contribution >= 0.6 is 0 Å². The summed E-state index contributed by atoms with van der Waals surface area (Å²) >= 11 is 0. The van der Waals surface area contributed by atoms with Crippen molar-refractivity contribution in [3.8, 4) is 0 Å². The molecule has 0 amide bonds. The number of rotatable bonds is 2. The predicted octanol–water partition coefficient (Wildman–Crippen LogP) is 2.12. The second-order valence-corrected chi connectivity index (χ2v) is 6.85. The van der Waals surface area contributed by atoms with E-state index in [0.717, 1.165) is 31.7 Å². The monoisotopic (exact) mass is 292 g/mol. The molecule has 0 bridgehead atoms. The van der Waals surface area contributed by atoms with Crippen molar-refractivity contribution in [2.24, 2.45) is 0 Å². The van der Waals surface area contributed by atoms with Gasteiger partial charge in [0.05, 0.1) is 17.4 Å². The van der Waals surface area contributed by atoms with E-state index >= 15 is 0 Å². The summed E-state index contributed by atoms with van der Waals surface area (Å²) < 4.78 is 25.8. The van der Waals surface area contributed by atoms with Gasteiger partial charge < -0.3 is 14.2 Å². The van der Waals surface area contributed by atoms with E-state index in [9.17, 15) is 4.39 Å². The van der Waals surface area contributed by atoms with Crippen LogP contribution in [-0.2, 0) is 9.31 Å². The zero-order valence-electron chi connectivity index (χ0n) is 13.1. The van der Waals surface area contributed by atoms with Crippen molar-refractivity contribution in [3.63, 3.8) is 0 Å². The van der Waals surface area contributed by atoms with Gasteiger partial charge in [-0.3, -0.25) is 0 Å². The van der Waals surface area contributed by atoms with Crippen LogP contribution in [-0.4, -0.2) is 36.4 Å². The molecule has 114 valence electrons. The van der Waals surface area contributed by atoms with Crippen LogP contribution < -0.4 is 10.4 Å². The standard InChI is InChI=1S/C15H22BFN2O2/c1-14(2)15(3,4)21-16(20-14)12-9-11(17)10-18-13(12)19-7-5-6-8-19/h9-10H,5-8H2,1-4H3. The maximum Gasteiger partial charge on any atom is 0.498 e. The summed E-state index contributed by atoms with van der Waals surface area (Å²) in [7, 11) is -0.575. The van der Waals surface area contributed by atoms with Crippen LogP contribution in [0.2, 0.25) is 0 Å². The Morgan fingerprint density at radius 2 is 1.71 bits per heavy atom. The molecule has 0 radical (unpaired) electrons. The highest BCUT2D eigenvalue weighted by atomic mass is 19.1. The lowest BCUT2D eigenvalue weighted by atomic mass is 9.79. The van der Waals surface area contributed by atoms with Crippen molar-refractivity contribution in [1.29, 1.82) is 0 Å². The number of halogens is 1. The summed E-state index contributed by atoms with van der Waals surface area (Å²) in [4.78, 5) is 6.47. The molecule has 0 aromatic carbocycles. The summed E-state index contributed by atoms with van der Waals surface area (Å²) in [5.41, 5.74) is -0.186. The van der Waals surface area contributed by atoms with E-state index in [2.05, 4.69) is 9.88 Å². The Morgan fingerprint density at radius 3 is 2.29 bits per heavy atom. The van der Waals surface area contributed by atoms with Crippen LogP contribution in [0.3, 0.4) is 0 Å². The third-order valence-electron chi connectivity index (χ3n) is 4.77. The van der Waals surface area contributed by atoms with Crippen LogP contribution in [0.25, 0.3) is 0 Å². The molecule has 1 aromatic heterocycles. The fraction of sp³-hybridized carbons (Fsp3) is 0.667. The normalized spacial score (nSPS) is 23.9. The second-order valence-electron chi connectivity index (χ2n) is 6.85. The maximum absolute atomic E-state index is 13.7. The van der Waals surface area contributed by atoms with Gasteiger partial charge >= 0.3 is 7.12 Å². The fourth-order valence-corrected chi connectivity index (χ4v) is 2.78. The first-order valence-corrected chi connectivity index (χ1v) is 7.56. The Morgan fingerprint density at radius 1 is 1.14 bits per heavy atom. The molecule has 1 aromatic rings. The first kappa shape index (κ1) is 14.8. The molecule has 0 aliphatic carbocycles. The van der Waals surface area contributed by atoms with Crippen LogP contribution in [0.15, 0.2) is 12.3 Å². The molecular weight excluding hydrogens is 270 g/mol. The Bertz CT molecular complexity index is 528. The van der Waals surface area contributed by atoms with E-state index in [1.54, 1.807) is 0 Å². The summed E-state index contributed by atoms with van der Waals surface area (Å²) in [5, 5.41) is 0. The van der Waals surface area contributed by atoms with Gasteiger partial charge in [-0.15, -0.1) is 0 Å². The highest BCUT2D eigenvalue weighted by Gasteiger charge is 2.52. The molecule has 0 atom stereocenters. The Hall–Kier alpha value is -1.14. The zero-order valence-corrected chi connectivity index (χ0v) is 13.1. The van der Waals surface area contributed by atoms with E-state index in [-0.39, 0.29) is 5.82 Å². The molecule has 2 fully saturated rings. The fourth-order valence-electron chi connectivity index (χ4n) is 2.78. The smallest absolute Gasteiger partial charge is 0.399 e. The summed E-state index contributed by atoms with van der Waals surface area (Å²) in [6.07, 6.45) is 3.55. The molecule has 0 N–H and O–H groups in total. The van der Waals surface area contributed by atoms with Crippen molar-refractivity contribution < 1.29 is 13.7 Å². The van der Waals surface area contributed by atoms with Crippen LogP contribution in [0.4, 0.5) is 10.2 Å². The van der Waals surface area contributed by atoms with Gasteiger partial charge in [0.1, 0.15) is 11.6 Å². The average Bonchev–Trinajstić information content (AvgIpc) is 2.97. The molecule has 2 saturated heterocycles. The van der Waals surface area contributed by atoms with Gasteiger partial charge in [0.2, 0.25) is 0 Å². The lowest BCUT2D eigenvalue weighted by molar-refractivity contribution is 0.00578. The van der Waals surface area contributed by atoms with Crippen LogP contribution in [0.1, 0.15) is 40.5 Å². The maximum atomic E-state index is 13.7. The quantitative estimate of drug-likeness (QED) is 0.782. The summed E-state index contributed by atoms with van der Waals surface area (Å²) in [6.45, 7) is 9.88. The van der Waals surface area contributed by atoms with Gasteiger partial charge in [0.15, 0.2) is 0 Å². The molecule has 2 aliphatic heterocycles. The highest BCUT2D eigenvalue weighted by Crippen LogP contribution is 2.37. The van der Waals surface area contributed by atoms with Gasteiger partial charge in [-0.2, -0.15) is 0 Å². The number of nitrogens with zero attached hydrogens (tertiary/aromatic N) is 2. The minimum atomic E-state index is -0.575. The molecule has 0 unspecified atom stereocenters. The number of anilines is 1. The van der Waals surface area contributed by atoms with Gasteiger partial charge in [-0.05, 0) is 46.6 Å². The van der Waals surface area contributed by atoms with Crippen molar-refractivity contribution >= 4 is 18.4 Å². The van der Waals surface area contributed by atoms with Crippen molar-refractivity contribution in [2.45, 2.75) is 51.7 Å². The lowest BCUT2D eigenvalue weighted by Gasteiger charge is -2.32. The molecule has 3 heterocycles. The summed E-state index contributed by atoms with van der Waals surface area (Å²) in [5.74, 6) is 0.426. The van der Waals surface area contributed by atoms with Crippen LogP contribution in [0, 0.1) is 5.82 Å². The Kier molecular flexibility index (Phi) is 3.49. The number of pyridine rings is 1. The zero-order chi connectivity index (χ0) is 15.3. The van der Waals surface area contributed by atoms with E-state index in [4.69, 9.17) is 9.31 Å². The van der Waals surface area contributed by atoms with E-state index in [1.165, 1.54) is 12.3 Å². The lowest BCUT2D eigenvalue weighted by Crippen LogP contribution is -2.41. The molecule has 3 rings (SSSR count). The molecule has 6 heteroatoms. The van der Waals surface area contributed by atoms with Gasteiger partial charge in [-0.25, -0.2) is 9.37 Å². The SMILES string of the molecule is CC1(C)OB(c2cc(F)cnc2N2CCCC2)OC1(C)C. The molecule has 2 aliphatic rings.